The molecule has 0 aliphatic rings. The van der Waals surface area contributed by atoms with Crippen LogP contribution in [-0.4, -0.2) is 34.9 Å². The van der Waals surface area contributed by atoms with Crippen LogP contribution < -0.4 is 10.6 Å². The van der Waals surface area contributed by atoms with E-state index in [1.807, 2.05) is 38.1 Å². The highest BCUT2D eigenvalue weighted by Crippen LogP contribution is 2.12. The number of amides is 2. The number of aliphatic carboxylic acids is 1. The van der Waals surface area contributed by atoms with Crippen molar-refractivity contribution in [2.75, 3.05) is 6.54 Å². The quantitative estimate of drug-likeness (QED) is 0.633. The second kappa shape index (κ2) is 6.75. The first-order valence-electron chi connectivity index (χ1n) is 5.92. The number of carboxylic acids is 1. The first-order valence-corrected chi connectivity index (χ1v) is 5.92. The third kappa shape index (κ3) is 4.97. The molecular formula is C13H18N2O4. The van der Waals surface area contributed by atoms with Gasteiger partial charge >= 0.3 is 12.0 Å². The zero-order valence-corrected chi connectivity index (χ0v) is 10.9. The Morgan fingerprint density at radius 3 is 2.37 bits per heavy atom. The number of aliphatic hydroxyl groups is 1. The van der Waals surface area contributed by atoms with E-state index >= 15 is 0 Å². The maximum absolute atomic E-state index is 11.5. The fourth-order valence-corrected chi connectivity index (χ4v) is 1.46. The van der Waals surface area contributed by atoms with Crippen LogP contribution in [0.4, 0.5) is 4.79 Å². The van der Waals surface area contributed by atoms with Crippen LogP contribution in [0.15, 0.2) is 24.3 Å². The van der Waals surface area contributed by atoms with Gasteiger partial charge in [0, 0.05) is 0 Å². The van der Waals surface area contributed by atoms with Gasteiger partial charge in [-0.3, -0.25) is 0 Å². The molecule has 2 atom stereocenters. The Morgan fingerprint density at radius 2 is 1.84 bits per heavy atom. The molecule has 0 heterocycles. The largest absolute Gasteiger partial charge is 0.479 e. The maximum Gasteiger partial charge on any atom is 0.334 e. The van der Waals surface area contributed by atoms with Crippen molar-refractivity contribution in [3.05, 3.63) is 35.4 Å². The Hall–Kier alpha value is -2.08. The van der Waals surface area contributed by atoms with Crippen LogP contribution in [0.1, 0.15) is 24.1 Å². The Labute approximate surface area is 111 Å². The van der Waals surface area contributed by atoms with Crippen LogP contribution in [0, 0.1) is 6.92 Å². The Morgan fingerprint density at radius 1 is 1.26 bits per heavy atom. The van der Waals surface area contributed by atoms with Gasteiger partial charge in [0.05, 0.1) is 12.6 Å². The van der Waals surface area contributed by atoms with Gasteiger partial charge in [0.15, 0.2) is 6.10 Å². The van der Waals surface area contributed by atoms with Crippen molar-refractivity contribution in [2.24, 2.45) is 0 Å². The minimum Gasteiger partial charge on any atom is -0.479 e. The lowest BCUT2D eigenvalue weighted by molar-refractivity contribution is -0.146. The predicted molar refractivity (Wildman–Crippen MR) is 69.8 cm³/mol. The molecular weight excluding hydrogens is 248 g/mol. The number of aliphatic hydroxyl groups excluding tert-OH is 1. The molecule has 0 fully saturated rings. The summed E-state index contributed by atoms with van der Waals surface area (Å²) >= 11 is 0. The van der Waals surface area contributed by atoms with Crippen molar-refractivity contribution in [1.29, 1.82) is 0 Å². The van der Waals surface area contributed by atoms with E-state index < -0.39 is 18.1 Å². The maximum atomic E-state index is 11.5. The summed E-state index contributed by atoms with van der Waals surface area (Å²) in [6, 6.07) is 6.98. The molecule has 2 amide bonds. The Bertz CT molecular complexity index is 444. The molecule has 0 radical (unpaired) electrons. The van der Waals surface area contributed by atoms with E-state index in [-0.39, 0.29) is 12.6 Å². The minimum absolute atomic E-state index is 0.206. The number of carboxylic acid groups (broad SMARTS) is 1. The number of hydrogen-bond donors (Lipinski definition) is 4. The molecule has 0 saturated heterocycles. The topological polar surface area (TPSA) is 98.7 Å². The van der Waals surface area contributed by atoms with Crippen LogP contribution in [0.5, 0.6) is 0 Å². The second-order valence-electron chi connectivity index (χ2n) is 4.34. The molecule has 4 N–H and O–H groups in total. The van der Waals surface area contributed by atoms with Crippen LogP contribution in [0.25, 0.3) is 0 Å². The number of aryl methyl sites for hydroxylation is 1. The first-order chi connectivity index (χ1) is 8.90. The van der Waals surface area contributed by atoms with Gasteiger partial charge in [-0.05, 0) is 19.4 Å². The summed E-state index contributed by atoms with van der Waals surface area (Å²) in [7, 11) is 0. The lowest BCUT2D eigenvalue weighted by Crippen LogP contribution is -2.42. The number of urea groups is 1. The van der Waals surface area contributed by atoms with Gasteiger partial charge < -0.3 is 20.8 Å². The Kier molecular flexibility index (Phi) is 5.32. The molecule has 0 aliphatic heterocycles. The summed E-state index contributed by atoms with van der Waals surface area (Å²) in [6.07, 6.45) is -1.60. The highest BCUT2D eigenvalue weighted by atomic mass is 16.4. The highest BCUT2D eigenvalue weighted by Gasteiger charge is 2.15. The van der Waals surface area contributed by atoms with Gasteiger partial charge in [-0.15, -0.1) is 0 Å². The lowest BCUT2D eigenvalue weighted by Gasteiger charge is -2.15. The van der Waals surface area contributed by atoms with Crippen molar-refractivity contribution >= 4 is 12.0 Å². The summed E-state index contributed by atoms with van der Waals surface area (Å²) in [6.45, 7) is 3.46. The number of hydrogen-bond acceptors (Lipinski definition) is 3. The van der Waals surface area contributed by atoms with E-state index in [9.17, 15) is 9.59 Å². The average molecular weight is 266 g/mol. The van der Waals surface area contributed by atoms with E-state index in [1.54, 1.807) is 0 Å². The average Bonchev–Trinajstić information content (AvgIpc) is 2.36. The molecule has 0 aromatic heterocycles. The molecule has 1 aromatic rings. The molecule has 0 saturated carbocycles. The third-order valence-corrected chi connectivity index (χ3v) is 2.67. The van der Waals surface area contributed by atoms with Gasteiger partial charge in [0.25, 0.3) is 0 Å². The smallest absolute Gasteiger partial charge is 0.334 e. The van der Waals surface area contributed by atoms with Crippen molar-refractivity contribution < 1.29 is 19.8 Å². The molecule has 1 aromatic carbocycles. The molecule has 0 spiro atoms. The van der Waals surface area contributed by atoms with Gasteiger partial charge in [0.2, 0.25) is 0 Å². The van der Waals surface area contributed by atoms with E-state index in [4.69, 9.17) is 10.2 Å². The van der Waals surface area contributed by atoms with Gasteiger partial charge in [-0.25, -0.2) is 9.59 Å². The van der Waals surface area contributed by atoms with Crippen LogP contribution in [-0.2, 0) is 4.79 Å². The molecule has 19 heavy (non-hydrogen) atoms. The molecule has 104 valence electrons. The van der Waals surface area contributed by atoms with Gasteiger partial charge in [0.1, 0.15) is 0 Å². The van der Waals surface area contributed by atoms with Crippen LogP contribution in [0.3, 0.4) is 0 Å². The molecule has 1 rings (SSSR count). The normalized spacial score (nSPS) is 13.4. The fraction of sp³-hybridized carbons (Fsp3) is 0.385. The van der Waals surface area contributed by atoms with Crippen molar-refractivity contribution in [2.45, 2.75) is 26.0 Å². The summed E-state index contributed by atoms with van der Waals surface area (Å²) in [5, 5.41) is 22.4. The van der Waals surface area contributed by atoms with Gasteiger partial charge in [-0.2, -0.15) is 0 Å². The molecule has 6 heteroatoms. The van der Waals surface area contributed by atoms with Crippen LogP contribution >= 0.6 is 0 Å². The van der Waals surface area contributed by atoms with Crippen molar-refractivity contribution in [3.63, 3.8) is 0 Å². The zero-order chi connectivity index (χ0) is 14.4. The summed E-state index contributed by atoms with van der Waals surface area (Å²) in [5.41, 5.74) is 2.07. The number of carbonyl (C=O) groups excluding carboxylic acids is 1. The van der Waals surface area contributed by atoms with E-state index in [0.29, 0.717) is 0 Å². The van der Waals surface area contributed by atoms with Crippen molar-refractivity contribution in [1.82, 2.24) is 10.6 Å². The monoisotopic (exact) mass is 266 g/mol. The predicted octanol–water partition coefficient (Wildman–Crippen LogP) is 0.801. The molecule has 0 aliphatic carbocycles. The fourth-order valence-electron chi connectivity index (χ4n) is 1.46. The first kappa shape index (κ1) is 15.0. The molecule has 6 nitrogen and oxygen atoms in total. The SMILES string of the molecule is Cc1ccc(C(C)NC(=O)NC[C@H](O)C(=O)O)cc1. The lowest BCUT2D eigenvalue weighted by atomic mass is 10.1. The number of benzene rings is 1. The van der Waals surface area contributed by atoms with E-state index in [2.05, 4.69) is 10.6 Å². The zero-order valence-electron chi connectivity index (χ0n) is 10.9. The summed E-state index contributed by atoms with van der Waals surface area (Å²) < 4.78 is 0. The standard InChI is InChI=1S/C13H18N2O4/c1-8-3-5-10(6-4-8)9(2)15-13(19)14-7-11(16)12(17)18/h3-6,9,11,16H,7H2,1-2H3,(H,17,18)(H2,14,15,19)/t9?,11-/m0/s1. The van der Waals surface area contributed by atoms with Crippen molar-refractivity contribution in [3.8, 4) is 0 Å². The number of nitrogens with one attached hydrogen (secondary N) is 2. The summed E-state index contributed by atoms with van der Waals surface area (Å²) in [5.74, 6) is -1.37. The number of rotatable bonds is 5. The third-order valence-electron chi connectivity index (χ3n) is 2.67. The van der Waals surface area contributed by atoms with E-state index in [1.165, 1.54) is 0 Å². The number of carbonyl (C=O) groups is 2. The minimum atomic E-state index is -1.60. The molecule has 1 unspecified atom stereocenters. The van der Waals surface area contributed by atoms with Gasteiger partial charge in [-0.1, -0.05) is 29.8 Å². The van der Waals surface area contributed by atoms with Crippen LogP contribution in [0.2, 0.25) is 0 Å². The highest BCUT2D eigenvalue weighted by molar-refractivity contribution is 5.76. The second-order valence-corrected chi connectivity index (χ2v) is 4.34. The van der Waals surface area contributed by atoms with E-state index in [0.717, 1.165) is 11.1 Å². The molecule has 0 bridgehead atoms. The summed E-state index contributed by atoms with van der Waals surface area (Å²) in [4.78, 5) is 21.9. The Balaban J connectivity index is 2.44.